The van der Waals surface area contributed by atoms with Gasteiger partial charge in [0.05, 0.1) is 24.6 Å². The maximum atomic E-state index is 14.1. The molecule has 2 aromatic heterocycles. The van der Waals surface area contributed by atoms with Crippen molar-refractivity contribution < 1.29 is 13.5 Å². The molecule has 3 aromatic rings. The maximum Gasteiger partial charge on any atom is 0.158 e. The fourth-order valence-electron chi connectivity index (χ4n) is 3.36. The third-order valence-electron chi connectivity index (χ3n) is 4.79. The third kappa shape index (κ3) is 3.81. The monoisotopic (exact) mass is 392 g/mol. The number of ether oxygens (including phenoxy) is 1. The Labute approximate surface area is 160 Å². The lowest BCUT2D eigenvalue weighted by atomic mass is 10.1. The van der Waals surface area contributed by atoms with Crippen LogP contribution in [0.15, 0.2) is 24.3 Å². The van der Waals surface area contributed by atoms with Crippen molar-refractivity contribution in [3.8, 4) is 0 Å². The van der Waals surface area contributed by atoms with Crippen LogP contribution in [-0.2, 0) is 17.7 Å². The Balaban J connectivity index is 1.72. The number of aryl methyl sites for hydroxylation is 1. The first-order chi connectivity index (χ1) is 13.0. The minimum atomic E-state index is -0.597. The predicted molar refractivity (Wildman–Crippen MR) is 98.0 cm³/mol. The molecule has 1 saturated heterocycles. The van der Waals surface area contributed by atoms with Crippen LogP contribution in [-0.4, -0.2) is 45.8 Å². The van der Waals surface area contributed by atoms with Gasteiger partial charge in [-0.3, -0.25) is 4.90 Å². The van der Waals surface area contributed by atoms with E-state index in [0.29, 0.717) is 36.1 Å². The average molecular weight is 393 g/mol. The molecule has 0 radical (unpaired) electrons. The van der Waals surface area contributed by atoms with E-state index in [2.05, 4.69) is 15.0 Å². The van der Waals surface area contributed by atoms with E-state index in [1.165, 1.54) is 12.1 Å². The van der Waals surface area contributed by atoms with Gasteiger partial charge in [-0.15, -0.1) is 0 Å². The second-order valence-corrected chi connectivity index (χ2v) is 7.06. The minimum Gasteiger partial charge on any atom is -0.379 e. The molecule has 0 aliphatic carbocycles. The van der Waals surface area contributed by atoms with Crippen LogP contribution in [0.25, 0.3) is 5.65 Å². The molecule has 3 heterocycles. The van der Waals surface area contributed by atoms with Crippen LogP contribution in [0.3, 0.4) is 0 Å². The van der Waals surface area contributed by atoms with Crippen molar-refractivity contribution in [1.29, 1.82) is 0 Å². The quantitative estimate of drug-likeness (QED) is 0.682. The summed E-state index contributed by atoms with van der Waals surface area (Å²) in [5.74, 6) is -1.18. The first-order valence-electron chi connectivity index (χ1n) is 8.79. The molecule has 1 aliphatic rings. The van der Waals surface area contributed by atoms with E-state index >= 15 is 0 Å². The lowest BCUT2D eigenvalue weighted by Gasteiger charge is -2.26. The number of morpholine rings is 1. The molecule has 8 heteroatoms. The summed E-state index contributed by atoms with van der Waals surface area (Å²) in [4.78, 5) is 6.93. The van der Waals surface area contributed by atoms with Crippen LogP contribution in [0.1, 0.15) is 22.5 Å². The van der Waals surface area contributed by atoms with E-state index < -0.39 is 11.6 Å². The van der Waals surface area contributed by atoms with Crippen LogP contribution in [0.5, 0.6) is 0 Å². The molecule has 142 valence electrons. The number of imidazole rings is 1. The van der Waals surface area contributed by atoms with Crippen molar-refractivity contribution in [3.63, 3.8) is 0 Å². The Hall–Kier alpha value is -2.09. The lowest BCUT2D eigenvalue weighted by molar-refractivity contribution is 0.0343. The molecule has 1 aliphatic heterocycles. The number of hydrogen-bond acceptors (Lipinski definition) is 4. The summed E-state index contributed by atoms with van der Waals surface area (Å²) in [6, 6.07) is 5.41. The number of nitrogens with zero attached hydrogens (tertiary/aromatic N) is 4. The van der Waals surface area contributed by atoms with E-state index in [1.54, 1.807) is 4.52 Å². The maximum absolute atomic E-state index is 14.1. The molecule has 0 spiro atoms. The van der Waals surface area contributed by atoms with Gasteiger partial charge in [0.1, 0.15) is 11.6 Å². The summed E-state index contributed by atoms with van der Waals surface area (Å²) in [5.41, 5.74) is 3.54. The summed E-state index contributed by atoms with van der Waals surface area (Å²) in [6.45, 7) is 5.65. The van der Waals surface area contributed by atoms with Gasteiger partial charge in [-0.1, -0.05) is 17.7 Å². The highest BCUT2D eigenvalue weighted by molar-refractivity contribution is 6.29. The molecular formula is C19H19ClF2N4O. The van der Waals surface area contributed by atoms with E-state index in [4.69, 9.17) is 16.3 Å². The van der Waals surface area contributed by atoms with Crippen molar-refractivity contribution in [2.24, 2.45) is 0 Å². The molecule has 0 atom stereocenters. The molecule has 27 heavy (non-hydrogen) atoms. The van der Waals surface area contributed by atoms with Crippen molar-refractivity contribution >= 4 is 17.2 Å². The van der Waals surface area contributed by atoms with Crippen LogP contribution in [0.2, 0.25) is 5.15 Å². The highest BCUT2D eigenvalue weighted by atomic mass is 35.5. The molecule has 1 aromatic carbocycles. The molecule has 4 rings (SSSR count). The summed E-state index contributed by atoms with van der Waals surface area (Å²) < 4.78 is 34.4. The van der Waals surface area contributed by atoms with Crippen molar-refractivity contribution in [1.82, 2.24) is 19.5 Å². The molecule has 0 N–H and O–H groups in total. The number of hydrogen-bond donors (Lipinski definition) is 0. The Kier molecular flexibility index (Phi) is 5.08. The topological polar surface area (TPSA) is 42.7 Å². The highest BCUT2D eigenvalue weighted by Crippen LogP contribution is 2.23. The van der Waals surface area contributed by atoms with Crippen LogP contribution >= 0.6 is 11.6 Å². The largest absolute Gasteiger partial charge is 0.379 e. The Bertz CT molecular complexity index is 985. The number of fused-ring (bicyclic) bond motifs is 1. The van der Waals surface area contributed by atoms with E-state index in [-0.39, 0.29) is 6.42 Å². The number of halogens is 3. The van der Waals surface area contributed by atoms with Gasteiger partial charge in [0.15, 0.2) is 10.8 Å². The van der Waals surface area contributed by atoms with Crippen molar-refractivity contribution in [2.45, 2.75) is 19.9 Å². The van der Waals surface area contributed by atoms with Gasteiger partial charge in [-0.25, -0.2) is 18.3 Å². The zero-order valence-electron chi connectivity index (χ0n) is 14.9. The predicted octanol–water partition coefficient (Wildman–Crippen LogP) is 3.39. The highest BCUT2D eigenvalue weighted by Gasteiger charge is 2.19. The van der Waals surface area contributed by atoms with Crippen LogP contribution in [0.4, 0.5) is 8.78 Å². The molecule has 0 unspecified atom stereocenters. The van der Waals surface area contributed by atoms with Gasteiger partial charge in [0.25, 0.3) is 0 Å². The SMILES string of the molecule is Cc1nc2c(CN3CCOCC3)cc(Cl)nn2c1Cc1ccc(F)cc1F. The average Bonchev–Trinajstić information content (AvgIpc) is 2.94. The number of benzene rings is 1. The van der Waals surface area contributed by atoms with Gasteiger partial charge in [0.2, 0.25) is 0 Å². The molecule has 0 amide bonds. The first kappa shape index (κ1) is 18.3. The van der Waals surface area contributed by atoms with Crippen LogP contribution in [0, 0.1) is 18.6 Å². The smallest absolute Gasteiger partial charge is 0.158 e. The summed E-state index contributed by atoms with van der Waals surface area (Å²) in [6.07, 6.45) is 0.253. The summed E-state index contributed by atoms with van der Waals surface area (Å²) in [7, 11) is 0. The standard InChI is InChI=1S/C19H19ClF2N4O/c1-12-17(8-13-2-3-15(21)10-16(13)22)26-19(23-12)14(9-18(20)24-26)11-25-4-6-27-7-5-25/h2-3,9-10H,4-8,11H2,1H3. The normalized spacial score (nSPS) is 15.6. The zero-order chi connectivity index (χ0) is 19.0. The fourth-order valence-corrected chi connectivity index (χ4v) is 3.57. The molecule has 1 fully saturated rings. The van der Waals surface area contributed by atoms with E-state index in [9.17, 15) is 8.78 Å². The van der Waals surface area contributed by atoms with Gasteiger partial charge in [-0.05, 0) is 24.6 Å². The Morgan fingerprint density at radius 3 is 2.67 bits per heavy atom. The molecule has 0 saturated carbocycles. The summed E-state index contributed by atoms with van der Waals surface area (Å²) >= 11 is 6.25. The summed E-state index contributed by atoms with van der Waals surface area (Å²) in [5, 5.41) is 4.72. The fraction of sp³-hybridized carbons (Fsp3) is 0.368. The zero-order valence-corrected chi connectivity index (χ0v) is 15.6. The Morgan fingerprint density at radius 1 is 1.15 bits per heavy atom. The number of rotatable bonds is 4. The Morgan fingerprint density at radius 2 is 1.93 bits per heavy atom. The number of aromatic nitrogens is 3. The van der Waals surface area contributed by atoms with E-state index in [1.807, 2.05) is 13.0 Å². The van der Waals surface area contributed by atoms with Gasteiger partial charge >= 0.3 is 0 Å². The molecular weight excluding hydrogens is 374 g/mol. The minimum absolute atomic E-state index is 0.253. The molecule has 5 nitrogen and oxygen atoms in total. The van der Waals surface area contributed by atoms with Gasteiger partial charge in [-0.2, -0.15) is 5.10 Å². The van der Waals surface area contributed by atoms with Gasteiger partial charge in [0, 0.05) is 37.7 Å². The second kappa shape index (κ2) is 7.50. The van der Waals surface area contributed by atoms with E-state index in [0.717, 1.165) is 36.1 Å². The lowest BCUT2D eigenvalue weighted by Crippen LogP contribution is -2.35. The van der Waals surface area contributed by atoms with Crippen molar-refractivity contribution in [2.75, 3.05) is 26.3 Å². The third-order valence-corrected chi connectivity index (χ3v) is 4.98. The van der Waals surface area contributed by atoms with Crippen molar-refractivity contribution in [3.05, 3.63) is 63.6 Å². The first-order valence-corrected chi connectivity index (χ1v) is 9.17. The van der Waals surface area contributed by atoms with Crippen LogP contribution < -0.4 is 0 Å². The molecule has 0 bridgehead atoms. The van der Waals surface area contributed by atoms with Gasteiger partial charge < -0.3 is 4.74 Å². The second-order valence-electron chi connectivity index (χ2n) is 6.67.